The summed E-state index contributed by atoms with van der Waals surface area (Å²) >= 11 is 0. The van der Waals surface area contributed by atoms with Gasteiger partial charge in [-0.1, -0.05) is 19.1 Å². The van der Waals surface area contributed by atoms with E-state index >= 15 is 0 Å². The third kappa shape index (κ3) is 1.95. The fourth-order valence-electron chi connectivity index (χ4n) is 1.93. The largest absolute Gasteiger partial charge is 0.482 e. The lowest BCUT2D eigenvalue weighted by molar-refractivity contribution is -0.140. The quantitative estimate of drug-likeness (QED) is 0.856. The Morgan fingerprint density at radius 1 is 1.53 bits per heavy atom. The second kappa shape index (κ2) is 4.45. The Balaban J connectivity index is 2.45. The van der Waals surface area contributed by atoms with E-state index in [0.717, 1.165) is 0 Å². The summed E-state index contributed by atoms with van der Waals surface area (Å²) in [5, 5.41) is 9.13. The van der Waals surface area contributed by atoms with Crippen molar-refractivity contribution in [2.24, 2.45) is 0 Å². The van der Waals surface area contributed by atoms with Gasteiger partial charge in [0.05, 0.1) is 5.69 Å². The second-order valence-electron chi connectivity index (χ2n) is 3.78. The van der Waals surface area contributed by atoms with Gasteiger partial charge in [-0.2, -0.15) is 0 Å². The Labute approximate surface area is 98.6 Å². The van der Waals surface area contributed by atoms with Gasteiger partial charge >= 0.3 is 5.97 Å². The number of ether oxygens (including phenoxy) is 1. The van der Waals surface area contributed by atoms with Crippen LogP contribution in [0.1, 0.15) is 13.3 Å². The van der Waals surface area contributed by atoms with Crippen molar-refractivity contribution in [3.05, 3.63) is 24.3 Å². The van der Waals surface area contributed by atoms with E-state index in [1.54, 1.807) is 31.2 Å². The Hall–Kier alpha value is -2.04. The number of para-hydroxylation sites is 2. The highest BCUT2D eigenvalue weighted by Gasteiger charge is 2.34. The number of carbonyl (C=O) groups is 2. The summed E-state index contributed by atoms with van der Waals surface area (Å²) in [4.78, 5) is 24.3. The van der Waals surface area contributed by atoms with Gasteiger partial charge in [-0.25, -0.2) is 4.79 Å². The van der Waals surface area contributed by atoms with Crippen molar-refractivity contribution in [1.29, 1.82) is 0 Å². The molecule has 1 aliphatic heterocycles. The average molecular weight is 235 g/mol. The molecule has 1 aliphatic rings. The number of hydrogen-bond acceptors (Lipinski definition) is 3. The molecule has 1 aromatic carbocycles. The zero-order chi connectivity index (χ0) is 12.4. The van der Waals surface area contributed by atoms with Gasteiger partial charge in [0, 0.05) is 0 Å². The number of benzene rings is 1. The molecule has 1 heterocycles. The van der Waals surface area contributed by atoms with Gasteiger partial charge in [0.15, 0.2) is 6.61 Å². The number of aliphatic carboxylic acids is 1. The number of amides is 1. The van der Waals surface area contributed by atoms with E-state index in [0.29, 0.717) is 17.9 Å². The number of nitrogens with zero attached hydrogens (tertiary/aromatic N) is 1. The van der Waals surface area contributed by atoms with E-state index in [4.69, 9.17) is 9.84 Å². The maximum atomic E-state index is 11.8. The zero-order valence-electron chi connectivity index (χ0n) is 9.42. The highest BCUT2D eigenvalue weighted by atomic mass is 16.5. The zero-order valence-corrected chi connectivity index (χ0v) is 9.42. The fraction of sp³-hybridized carbons (Fsp3) is 0.333. The van der Waals surface area contributed by atoms with Crippen molar-refractivity contribution in [3.63, 3.8) is 0 Å². The summed E-state index contributed by atoms with van der Waals surface area (Å²) in [6.07, 6.45) is 0.357. The van der Waals surface area contributed by atoms with Crippen molar-refractivity contribution < 1.29 is 19.4 Å². The predicted octanol–water partition coefficient (Wildman–Crippen LogP) is 1.28. The first-order chi connectivity index (χ1) is 8.15. The number of anilines is 1. The van der Waals surface area contributed by atoms with E-state index in [1.807, 2.05) is 0 Å². The van der Waals surface area contributed by atoms with Crippen molar-refractivity contribution in [3.8, 4) is 5.75 Å². The number of rotatable bonds is 3. The van der Waals surface area contributed by atoms with Crippen LogP contribution in [0.3, 0.4) is 0 Å². The monoisotopic (exact) mass is 235 g/mol. The van der Waals surface area contributed by atoms with Crippen LogP contribution in [0.2, 0.25) is 0 Å². The van der Waals surface area contributed by atoms with E-state index in [9.17, 15) is 9.59 Å². The first-order valence-corrected chi connectivity index (χ1v) is 5.42. The van der Waals surface area contributed by atoms with E-state index in [2.05, 4.69) is 0 Å². The molecule has 0 radical (unpaired) electrons. The Kier molecular flexibility index (Phi) is 2.99. The van der Waals surface area contributed by atoms with Crippen LogP contribution in [-0.4, -0.2) is 29.6 Å². The molecule has 1 unspecified atom stereocenters. The molecular weight excluding hydrogens is 222 g/mol. The summed E-state index contributed by atoms with van der Waals surface area (Å²) in [5.41, 5.74) is 0.526. The summed E-state index contributed by atoms with van der Waals surface area (Å²) in [5.74, 6) is -0.776. The maximum absolute atomic E-state index is 11.8. The minimum absolute atomic E-state index is 0.110. The van der Waals surface area contributed by atoms with Crippen LogP contribution in [-0.2, 0) is 9.59 Å². The lowest BCUT2D eigenvalue weighted by Gasteiger charge is -2.33. The molecule has 5 nitrogen and oxygen atoms in total. The molecule has 1 N–H and O–H groups in total. The van der Waals surface area contributed by atoms with Crippen molar-refractivity contribution in [2.75, 3.05) is 11.5 Å². The molecular formula is C12H13NO4. The summed E-state index contributed by atoms with van der Waals surface area (Å²) in [6.45, 7) is 1.63. The Bertz CT molecular complexity index is 458. The minimum Gasteiger partial charge on any atom is -0.482 e. The molecule has 0 aromatic heterocycles. The fourth-order valence-corrected chi connectivity index (χ4v) is 1.93. The second-order valence-corrected chi connectivity index (χ2v) is 3.78. The minimum atomic E-state index is -1.00. The number of carboxylic acid groups (broad SMARTS) is 1. The molecule has 0 saturated carbocycles. The van der Waals surface area contributed by atoms with E-state index < -0.39 is 12.0 Å². The molecule has 1 atom stereocenters. The first-order valence-electron chi connectivity index (χ1n) is 5.42. The van der Waals surface area contributed by atoms with E-state index in [1.165, 1.54) is 4.90 Å². The molecule has 1 aromatic rings. The number of hydrogen-bond donors (Lipinski definition) is 1. The summed E-state index contributed by atoms with van der Waals surface area (Å²) in [6, 6.07) is 6.12. The van der Waals surface area contributed by atoms with Gasteiger partial charge in [-0.05, 0) is 18.6 Å². The summed E-state index contributed by atoms with van der Waals surface area (Å²) in [7, 11) is 0. The van der Waals surface area contributed by atoms with Crippen molar-refractivity contribution >= 4 is 17.6 Å². The topological polar surface area (TPSA) is 66.8 Å². The molecule has 5 heteroatoms. The Morgan fingerprint density at radius 3 is 2.88 bits per heavy atom. The van der Waals surface area contributed by atoms with Gasteiger partial charge in [0.25, 0.3) is 5.91 Å². The van der Waals surface area contributed by atoms with Crippen LogP contribution >= 0.6 is 0 Å². The van der Waals surface area contributed by atoms with Crippen LogP contribution in [0.15, 0.2) is 24.3 Å². The molecule has 0 fully saturated rings. The van der Waals surface area contributed by atoms with Gasteiger partial charge < -0.3 is 9.84 Å². The van der Waals surface area contributed by atoms with Gasteiger partial charge in [0.2, 0.25) is 0 Å². The highest BCUT2D eigenvalue weighted by Crippen LogP contribution is 2.33. The maximum Gasteiger partial charge on any atom is 0.326 e. The van der Waals surface area contributed by atoms with Crippen LogP contribution in [0.5, 0.6) is 5.75 Å². The van der Waals surface area contributed by atoms with Gasteiger partial charge in [-0.3, -0.25) is 9.69 Å². The smallest absolute Gasteiger partial charge is 0.326 e. The molecule has 0 spiro atoms. The van der Waals surface area contributed by atoms with Crippen LogP contribution in [0.25, 0.3) is 0 Å². The lowest BCUT2D eigenvalue weighted by Crippen LogP contribution is -2.49. The molecule has 2 rings (SSSR count). The van der Waals surface area contributed by atoms with Gasteiger partial charge in [-0.15, -0.1) is 0 Å². The van der Waals surface area contributed by atoms with Crippen molar-refractivity contribution in [2.45, 2.75) is 19.4 Å². The van der Waals surface area contributed by atoms with Crippen LogP contribution < -0.4 is 9.64 Å². The Morgan fingerprint density at radius 2 is 2.24 bits per heavy atom. The number of carbonyl (C=O) groups excluding carboxylic acids is 1. The van der Waals surface area contributed by atoms with Crippen LogP contribution in [0.4, 0.5) is 5.69 Å². The molecule has 90 valence electrons. The number of fused-ring (bicyclic) bond motifs is 1. The normalized spacial score (nSPS) is 16.1. The molecule has 17 heavy (non-hydrogen) atoms. The lowest BCUT2D eigenvalue weighted by atomic mass is 10.1. The average Bonchev–Trinajstić information content (AvgIpc) is 2.32. The predicted molar refractivity (Wildman–Crippen MR) is 61.1 cm³/mol. The highest BCUT2D eigenvalue weighted by molar-refractivity contribution is 6.02. The third-order valence-electron chi connectivity index (χ3n) is 2.73. The molecule has 0 saturated heterocycles. The molecule has 1 amide bonds. The standard InChI is InChI=1S/C12H13NO4/c1-2-8(12(15)16)13-9-5-3-4-6-10(9)17-7-11(13)14/h3-6,8H,2,7H2,1H3,(H,15,16). The molecule has 0 bridgehead atoms. The van der Waals surface area contributed by atoms with E-state index in [-0.39, 0.29) is 12.5 Å². The first kappa shape index (κ1) is 11.4. The SMILES string of the molecule is CCC(C(=O)O)N1C(=O)COc2ccccc21. The molecule has 0 aliphatic carbocycles. The number of carboxylic acids is 1. The van der Waals surface area contributed by atoms with Crippen LogP contribution in [0, 0.1) is 0 Å². The van der Waals surface area contributed by atoms with Gasteiger partial charge in [0.1, 0.15) is 11.8 Å². The summed E-state index contributed by atoms with van der Waals surface area (Å²) < 4.78 is 5.26. The van der Waals surface area contributed by atoms with Crippen molar-refractivity contribution in [1.82, 2.24) is 0 Å². The third-order valence-corrected chi connectivity index (χ3v) is 2.73.